The zero-order valence-corrected chi connectivity index (χ0v) is 8.95. The molecule has 4 nitrogen and oxygen atoms in total. The minimum Gasteiger partial charge on any atom is -0.469 e. The Labute approximate surface area is 88.9 Å². The summed E-state index contributed by atoms with van der Waals surface area (Å²) in [7, 11) is 1.36. The lowest BCUT2D eigenvalue weighted by molar-refractivity contribution is -0.159. The molecule has 15 heavy (non-hydrogen) atoms. The lowest BCUT2D eigenvalue weighted by Gasteiger charge is -2.35. The molecule has 0 bridgehead atoms. The molecule has 1 aliphatic heterocycles. The van der Waals surface area contributed by atoms with E-state index in [2.05, 4.69) is 0 Å². The van der Waals surface area contributed by atoms with E-state index in [1.54, 1.807) is 0 Å². The van der Waals surface area contributed by atoms with Crippen LogP contribution in [0.3, 0.4) is 0 Å². The molecule has 0 radical (unpaired) electrons. The van der Waals surface area contributed by atoms with Gasteiger partial charge in [0.15, 0.2) is 0 Å². The maximum absolute atomic E-state index is 11.6. The molecule has 2 fully saturated rings. The van der Waals surface area contributed by atoms with Gasteiger partial charge in [-0.1, -0.05) is 6.42 Å². The normalized spacial score (nSPS) is 28.9. The van der Waals surface area contributed by atoms with E-state index < -0.39 is 5.60 Å². The van der Waals surface area contributed by atoms with Crippen LogP contribution in [0.2, 0.25) is 0 Å². The molecule has 0 aromatic heterocycles. The Balaban J connectivity index is 2.19. The quantitative estimate of drug-likeness (QED) is 0.617. The number of esters is 2. The van der Waals surface area contributed by atoms with Gasteiger partial charge in [0.05, 0.1) is 13.5 Å². The third-order valence-corrected chi connectivity index (χ3v) is 3.51. The zero-order chi connectivity index (χ0) is 10.9. The number of carbonyl (C=O) groups excluding carboxylic acids is 2. The van der Waals surface area contributed by atoms with Crippen molar-refractivity contribution >= 4 is 11.9 Å². The van der Waals surface area contributed by atoms with Crippen LogP contribution in [0.5, 0.6) is 0 Å². The van der Waals surface area contributed by atoms with Crippen LogP contribution in [0.15, 0.2) is 0 Å². The van der Waals surface area contributed by atoms with E-state index in [1.165, 1.54) is 7.11 Å². The highest BCUT2D eigenvalue weighted by atomic mass is 16.6. The first kappa shape index (κ1) is 10.5. The third-order valence-electron chi connectivity index (χ3n) is 3.51. The van der Waals surface area contributed by atoms with Crippen molar-refractivity contribution in [1.29, 1.82) is 0 Å². The second-order valence-electron chi connectivity index (χ2n) is 4.38. The third kappa shape index (κ3) is 1.73. The molecule has 4 heteroatoms. The SMILES string of the molecule is COC(=O)[C@@H]1CC(=O)OC12CCCCC2. The van der Waals surface area contributed by atoms with Crippen molar-refractivity contribution < 1.29 is 19.1 Å². The summed E-state index contributed by atoms with van der Waals surface area (Å²) in [6, 6.07) is 0. The molecule has 2 aliphatic rings. The van der Waals surface area contributed by atoms with Crippen LogP contribution in [0.4, 0.5) is 0 Å². The maximum Gasteiger partial charge on any atom is 0.313 e. The second kappa shape index (κ2) is 3.83. The fourth-order valence-corrected chi connectivity index (χ4v) is 2.73. The molecule has 1 heterocycles. The lowest BCUT2D eigenvalue weighted by Crippen LogP contribution is -2.41. The van der Waals surface area contributed by atoms with E-state index in [4.69, 9.17) is 9.47 Å². The van der Waals surface area contributed by atoms with Gasteiger partial charge in [0, 0.05) is 0 Å². The number of ether oxygens (including phenoxy) is 2. The molecule has 2 rings (SSSR count). The summed E-state index contributed by atoms with van der Waals surface area (Å²) in [5, 5.41) is 0. The van der Waals surface area contributed by atoms with E-state index >= 15 is 0 Å². The zero-order valence-electron chi connectivity index (χ0n) is 8.95. The van der Waals surface area contributed by atoms with Crippen molar-refractivity contribution in [3.05, 3.63) is 0 Å². The molecule has 1 aliphatic carbocycles. The summed E-state index contributed by atoms with van der Waals surface area (Å²) in [6.45, 7) is 0. The molecular formula is C11H16O4. The van der Waals surface area contributed by atoms with E-state index in [0.717, 1.165) is 32.1 Å². The van der Waals surface area contributed by atoms with Gasteiger partial charge >= 0.3 is 11.9 Å². The molecular weight excluding hydrogens is 196 g/mol. The van der Waals surface area contributed by atoms with Gasteiger partial charge in [-0.05, 0) is 25.7 Å². The van der Waals surface area contributed by atoms with Crippen LogP contribution in [0, 0.1) is 5.92 Å². The van der Waals surface area contributed by atoms with Crippen LogP contribution in [-0.2, 0) is 19.1 Å². The Hall–Kier alpha value is -1.06. The summed E-state index contributed by atoms with van der Waals surface area (Å²) in [6.07, 6.45) is 5.01. The molecule has 1 saturated heterocycles. The predicted octanol–water partition coefficient (Wildman–Crippen LogP) is 1.43. The smallest absolute Gasteiger partial charge is 0.313 e. The van der Waals surface area contributed by atoms with Crippen LogP contribution in [-0.4, -0.2) is 24.6 Å². The topological polar surface area (TPSA) is 52.6 Å². The minimum atomic E-state index is -0.539. The molecule has 0 amide bonds. The monoisotopic (exact) mass is 212 g/mol. The van der Waals surface area contributed by atoms with Crippen LogP contribution in [0.1, 0.15) is 38.5 Å². The molecule has 1 saturated carbocycles. The molecule has 0 N–H and O–H groups in total. The fraction of sp³-hybridized carbons (Fsp3) is 0.818. The highest BCUT2D eigenvalue weighted by Crippen LogP contribution is 2.44. The molecule has 0 aromatic carbocycles. The predicted molar refractivity (Wildman–Crippen MR) is 52.0 cm³/mol. The Kier molecular flexibility index (Phi) is 2.67. The van der Waals surface area contributed by atoms with Crippen LogP contribution in [0.25, 0.3) is 0 Å². The van der Waals surface area contributed by atoms with Gasteiger partial charge < -0.3 is 9.47 Å². The van der Waals surface area contributed by atoms with Gasteiger partial charge in [0.25, 0.3) is 0 Å². The first-order valence-corrected chi connectivity index (χ1v) is 5.48. The first-order chi connectivity index (χ1) is 7.18. The van der Waals surface area contributed by atoms with E-state index in [-0.39, 0.29) is 24.3 Å². The van der Waals surface area contributed by atoms with Gasteiger partial charge in [0.2, 0.25) is 0 Å². The van der Waals surface area contributed by atoms with Crippen molar-refractivity contribution in [3.8, 4) is 0 Å². The Morgan fingerprint density at radius 1 is 1.40 bits per heavy atom. The number of hydrogen-bond donors (Lipinski definition) is 0. The van der Waals surface area contributed by atoms with E-state index in [9.17, 15) is 9.59 Å². The van der Waals surface area contributed by atoms with Crippen molar-refractivity contribution in [2.75, 3.05) is 7.11 Å². The maximum atomic E-state index is 11.6. The molecule has 84 valence electrons. The van der Waals surface area contributed by atoms with Crippen LogP contribution >= 0.6 is 0 Å². The number of hydrogen-bond acceptors (Lipinski definition) is 4. The van der Waals surface area contributed by atoms with Crippen molar-refractivity contribution in [1.82, 2.24) is 0 Å². The highest BCUT2D eigenvalue weighted by Gasteiger charge is 2.53. The first-order valence-electron chi connectivity index (χ1n) is 5.48. The largest absolute Gasteiger partial charge is 0.469 e. The lowest BCUT2D eigenvalue weighted by atomic mass is 9.76. The van der Waals surface area contributed by atoms with E-state index in [1.807, 2.05) is 0 Å². The summed E-state index contributed by atoms with van der Waals surface area (Å²) in [4.78, 5) is 22.9. The summed E-state index contributed by atoms with van der Waals surface area (Å²) in [5.74, 6) is -0.939. The van der Waals surface area contributed by atoms with Crippen molar-refractivity contribution in [3.63, 3.8) is 0 Å². The van der Waals surface area contributed by atoms with Gasteiger partial charge in [-0.25, -0.2) is 0 Å². The van der Waals surface area contributed by atoms with Gasteiger partial charge in [-0.3, -0.25) is 9.59 Å². The molecule has 1 spiro atoms. The van der Waals surface area contributed by atoms with Crippen molar-refractivity contribution in [2.45, 2.75) is 44.1 Å². The summed E-state index contributed by atoms with van der Waals surface area (Å²) >= 11 is 0. The van der Waals surface area contributed by atoms with Gasteiger partial charge in [-0.15, -0.1) is 0 Å². The fourth-order valence-electron chi connectivity index (χ4n) is 2.73. The Morgan fingerprint density at radius 2 is 2.07 bits per heavy atom. The van der Waals surface area contributed by atoms with Crippen molar-refractivity contribution in [2.24, 2.45) is 5.92 Å². The van der Waals surface area contributed by atoms with Gasteiger partial charge in [-0.2, -0.15) is 0 Å². The van der Waals surface area contributed by atoms with E-state index in [0.29, 0.717) is 0 Å². The van der Waals surface area contributed by atoms with Crippen LogP contribution < -0.4 is 0 Å². The number of carbonyl (C=O) groups is 2. The summed E-state index contributed by atoms with van der Waals surface area (Å²) in [5.41, 5.74) is -0.539. The van der Waals surface area contributed by atoms with Gasteiger partial charge in [0.1, 0.15) is 11.5 Å². The average molecular weight is 212 g/mol. The molecule has 1 atom stereocenters. The molecule has 0 aromatic rings. The summed E-state index contributed by atoms with van der Waals surface area (Å²) < 4.78 is 10.1. The Bertz CT molecular complexity index is 278. The number of rotatable bonds is 1. The molecule has 0 unspecified atom stereocenters. The number of methoxy groups -OCH3 is 1. The Morgan fingerprint density at radius 3 is 2.67 bits per heavy atom. The standard InChI is InChI=1S/C11H16O4/c1-14-10(13)8-7-9(12)15-11(8)5-3-2-4-6-11/h8H,2-7H2,1H3/t8-/m0/s1. The average Bonchev–Trinajstić information content (AvgIpc) is 2.55. The minimum absolute atomic E-state index is 0.187. The highest BCUT2D eigenvalue weighted by molar-refractivity contribution is 5.84. The second-order valence-corrected chi connectivity index (χ2v) is 4.38.